The zero-order valence-electron chi connectivity index (χ0n) is 10.8. The van der Waals surface area contributed by atoms with E-state index in [4.69, 9.17) is 5.11 Å². The Morgan fingerprint density at radius 2 is 2.30 bits per heavy atom. The first-order chi connectivity index (χ1) is 9.50. The number of aliphatic hydroxyl groups excluding tert-OH is 1. The Morgan fingerprint density at radius 3 is 2.95 bits per heavy atom. The summed E-state index contributed by atoms with van der Waals surface area (Å²) in [6.45, 7) is 0.170. The van der Waals surface area contributed by atoms with Crippen LogP contribution in [0.3, 0.4) is 0 Å². The van der Waals surface area contributed by atoms with Crippen molar-refractivity contribution in [2.24, 2.45) is 5.92 Å². The summed E-state index contributed by atoms with van der Waals surface area (Å²) in [4.78, 5) is 13.2. The van der Waals surface area contributed by atoms with Crippen LogP contribution in [0, 0.1) is 17.8 Å². The van der Waals surface area contributed by atoms with Gasteiger partial charge in [0.05, 0.1) is 21.3 Å². The number of carbonyl (C=O) groups is 1. The van der Waals surface area contributed by atoms with Crippen LogP contribution in [-0.2, 0) is 9.84 Å². The summed E-state index contributed by atoms with van der Waals surface area (Å²) in [5.41, 5.74) is 0. The van der Waals surface area contributed by atoms with Gasteiger partial charge in [-0.3, -0.25) is 4.79 Å². The summed E-state index contributed by atoms with van der Waals surface area (Å²) in [6, 6.07) is 3.40. The molecule has 1 saturated heterocycles. The minimum atomic E-state index is -2.90. The first-order valence-electron chi connectivity index (χ1n) is 6.18. The van der Waals surface area contributed by atoms with Crippen molar-refractivity contribution in [1.82, 2.24) is 5.32 Å². The summed E-state index contributed by atoms with van der Waals surface area (Å²) in [6.07, 6.45) is 0.611. The van der Waals surface area contributed by atoms with E-state index in [1.807, 2.05) is 0 Å². The van der Waals surface area contributed by atoms with E-state index in [-0.39, 0.29) is 29.9 Å². The van der Waals surface area contributed by atoms with E-state index in [1.54, 1.807) is 12.1 Å². The molecule has 1 unspecified atom stereocenters. The van der Waals surface area contributed by atoms with Crippen LogP contribution in [0.15, 0.2) is 12.1 Å². The molecule has 0 saturated carbocycles. The number of rotatable bonds is 3. The van der Waals surface area contributed by atoms with Gasteiger partial charge in [0.2, 0.25) is 0 Å². The fraction of sp³-hybridized carbons (Fsp3) is 0.462. The number of carbonyl (C=O) groups excluding carboxylic acids is 1. The molecular weight excluding hydrogens is 298 g/mol. The van der Waals surface area contributed by atoms with E-state index >= 15 is 0 Å². The van der Waals surface area contributed by atoms with Gasteiger partial charge in [-0.15, -0.1) is 11.3 Å². The largest absolute Gasteiger partial charge is 0.384 e. The minimum Gasteiger partial charge on any atom is -0.384 e. The Labute approximate surface area is 121 Å². The number of hydrogen-bond acceptors (Lipinski definition) is 5. The minimum absolute atomic E-state index is 0.0116. The van der Waals surface area contributed by atoms with E-state index in [1.165, 1.54) is 11.3 Å². The first kappa shape index (κ1) is 15.0. The third-order valence-corrected chi connectivity index (χ3v) is 5.83. The number of thiophene rings is 1. The first-order valence-corrected chi connectivity index (χ1v) is 8.82. The molecule has 108 valence electrons. The Hall–Kier alpha value is -1.36. The van der Waals surface area contributed by atoms with Gasteiger partial charge in [-0.1, -0.05) is 11.8 Å². The number of nitrogens with one attached hydrogen (secondary N) is 1. The SMILES string of the molecule is O=C(NCC1CCS(=O)(=O)C1)c1ccc(C#CCO)s1. The maximum absolute atomic E-state index is 11.9. The summed E-state index contributed by atoms with van der Waals surface area (Å²) in [5.74, 6) is 5.43. The molecule has 1 aromatic heterocycles. The molecular formula is C13H15NO4S2. The van der Waals surface area contributed by atoms with Gasteiger partial charge in [0.1, 0.15) is 6.61 Å². The highest BCUT2D eigenvalue weighted by Crippen LogP contribution is 2.18. The number of hydrogen-bond donors (Lipinski definition) is 2. The topological polar surface area (TPSA) is 83.5 Å². The van der Waals surface area contributed by atoms with Gasteiger partial charge in [-0.2, -0.15) is 0 Å². The normalized spacial score (nSPS) is 20.1. The van der Waals surface area contributed by atoms with E-state index in [9.17, 15) is 13.2 Å². The molecule has 0 bridgehead atoms. The average molecular weight is 313 g/mol. The predicted octanol–water partition coefficient (Wildman–Crippen LogP) is 0.256. The smallest absolute Gasteiger partial charge is 0.261 e. The Kier molecular flexibility index (Phi) is 4.81. The van der Waals surface area contributed by atoms with Gasteiger partial charge in [0, 0.05) is 6.54 Å². The molecule has 20 heavy (non-hydrogen) atoms. The second-order valence-corrected chi connectivity index (χ2v) is 7.92. The molecule has 1 aromatic rings. The molecule has 1 fully saturated rings. The van der Waals surface area contributed by atoms with Crippen molar-refractivity contribution in [1.29, 1.82) is 0 Å². The molecule has 1 amide bonds. The highest BCUT2D eigenvalue weighted by atomic mass is 32.2. The quantitative estimate of drug-likeness (QED) is 0.784. The van der Waals surface area contributed by atoms with Crippen molar-refractivity contribution in [2.75, 3.05) is 24.7 Å². The zero-order chi connectivity index (χ0) is 14.6. The van der Waals surface area contributed by atoms with E-state index < -0.39 is 9.84 Å². The fourth-order valence-electron chi connectivity index (χ4n) is 2.01. The van der Waals surface area contributed by atoms with Crippen molar-refractivity contribution in [3.05, 3.63) is 21.9 Å². The molecule has 2 N–H and O–H groups in total. The zero-order valence-corrected chi connectivity index (χ0v) is 12.4. The molecule has 2 rings (SSSR count). The monoisotopic (exact) mass is 313 g/mol. The van der Waals surface area contributed by atoms with Crippen LogP contribution in [0.25, 0.3) is 0 Å². The van der Waals surface area contributed by atoms with Crippen molar-refractivity contribution >= 4 is 27.1 Å². The van der Waals surface area contributed by atoms with Crippen LogP contribution in [0.2, 0.25) is 0 Å². The molecule has 2 heterocycles. The van der Waals surface area contributed by atoms with Crippen LogP contribution < -0.4 is 5.32 Å². The lowest BCUT2D eigenvalue weighted by Gasteiger charge is -2.08. The van der Waals surface area contributed by atoms with Crippen LogP contribution in [0.5, 0.6) is 0 Å². The molecule has 0 spiro atoms. The molecule has 1 atom stereocenters. The lowest BCUT2D eigenvalue weighted by atomic mass is 10.1. The van der Waals surface area contributed by atoms with Gasteiger partial charge in [-0.25, -0.2) is 8.42 Å². The molecule has 1 aliphatic rings. The van der Waals surface area contributed by atoms with Crippen LogP contribution in [0.1, 0.15) is 21.0 Å². The van der Waals surface area contributed by atoms with Crippen molar-refractivity contribution in [3.8, 4) is 11.8 Å². The Bertz CT molecular complexity index is 651. The standard InChI is InChI=1S/C13H15NO4S2/c15-6-1-2-11-3-4-12(19-11)13(16)14-8-10-5-7-20(17,18)9-10/h3-4,10,15H,5-9H2,(H,14,16). The maximum atomic E-state index is 11.9. The van der Waals surface area contributed by atoms with Crippen LogP contribution in [0.4, 0.5) is 0 Å². The average Bonchev–Trinajstić information content (AvgIpc) is 3.00. The van der Waals surface area contributed by atoms with Crippen molar-refractivity contribution in [3.63, 3.8) is 0 Å². The van der Waals surface area contributed by atoms with Crippen molar-refractivity contribution in [2.45, 2.75) is 6.42 Å². The summed E-state index contributed by atoms with van der Waals surface area (Å²) < 4.78 is 22.6. The van der Waals surface area contributed by atoms with Crippen molar-refractivity contribution < 1.29 is 18.3 Å². The maximum Gasteiger partial charge on any atom is 0.261 e. The fourth-order valence-corrected chi connectivity index (χ4v) is 4.67. The van der Waals surface area contributed by atoms with Crippen LogP contribution in [-0.4, -0.2) is 44.1 Å². The molecule has 0 aromatic carbocycles. The lowest BCUT2D eigenvalue weighted by molar-refractivity contribution is 0.0952. The number of aliphatic hydroxyl groups is 1. The second-order valence-electron chi connectivity index (χ2n) is 4.60. The highest BCUT2D eigenvalue weighted by Gasteiger charge is 2.28. The Balaban J connectivity index is 1.87. The predicted molar refractivity (Wildman–Crippen MR) is 77.4 cm³/mol. The van der Waals surface area contributed by atoms with E-state index in [0.29, 0.717) is 22.7 Å². The highest BCUT2D eigenvalue weighted by molar-refractivity contribution is 7.91. The second kappa shape index (κ2) is 6.39. The Morgan fingerprint density at radius 1 is 1.50 bits per heavy atom. The van der Waals surface area contributed by atoms with Crippen LogP contribution >= 0.6 is 11.3 Å². The molecule has 1 aliphatic heterocycles. The van der Waals surface area contributed by atoms with E-state index in [0.717, 1.165) is 0 Å². The molecule has 0 radical (unpaired) electrons. The van der Waals surface area contributed by atoms with E-state index in [2.05, 4.69) is 17.2 Å². The lowest BCUT2D eigenvalue weighted by Crippen LogP contribution is -2.29. The van der Waals surface area contributed by atoms with Gasteiger partial charge < -0.3 is 10.4 Å². The molecule has 7 heteroatoms. The summed E-state index contributed by atoms with van der Waals surface area (Å²) in [7, 11) is -2.90. The summed E-state index contributed by atoms with van der Waals surface area (Å²) >= 11 is 1.25. The third-order valence-electron chi connectivity index (χ3n) is 3.00. The third kappa shape index (κ3) is 4.07. The van der Waals surface area contributed by atoms with Gasteiger partial charge in [-0.05, 0) is 24.5 Å². The summed E-state index contributed by atoms with van der Waals surface area (Å²) in [5, 5.41) is 11.4. The van der Waals surface area contributed by atoms with Gasteiger partial charge in [0.25, 0.3) is 5.91 Å². The molecule has 5 nitrogen and oxygen atoms in total. The number of sulfone groups is 1. The van der Waals surface area contributed by atoms with Gasteiger partial charge >= 0.3 is 0 Å². The number of amides is 1. The van der Waals surface area contributed by atoms with Gasteiger partial charge in [0.15, 0.2) is 9.84 Å². The molecule has 0 aliphatic carbocycles.